The first kappa shape index (κ1) is 22.2. The number of amides is 3. The van der Waals surface area contributed by atoms with Crippen LogP contribution < -0.4 is 16.0 Å². The van der Waals surface area contributed by atoms with Crippen molar-refractivity contribution in [2.75, 3.05) is 11.9 Å². The number of hydrogen-bond acceptors (Lipinski definition) is 4. The maximum absolute atomic E-state index is 12.1. The topological polar surface area (TPSA) is 96.5 Å². The van der Waals surface area contributed by atoms with E-state index in [4.69, 9.17) is 4.74 Å². The number of ether oxygens (including phenoxy) is 1. The number of nitrogens with one attached hydrogen (secondary N) is 3. The third kappa shape index (κ3) is 10.0. The second-order valence-corrected chi connectivity index (χ2v) is 6.91. The summed E-state index contributed by atoms with van der Waals surface area (Å²) >= 11 is 0. The molecule has 148 valence electrons. The zero-order valence-electron chi connectivity index (χ0n) is 16.4. The number of allylic oxidation sites excluding steroid dienone is 1. The lowest BCUT2D eigenvalue weighted by Crippen LogP contribution is -2.34. The minimum atomic E-state index is -0.581. The van der Waals surface area contributed by atoms with Crippen molar-refractivity contribution in [3.63, 3.8) is 0 Å². The Morgan fingerprint density at radius 2 is 1.81 bits per heavy atom. The highest BCUT2D eigenvalue weighted by atomic mass is 16.6. The van der Waals surface area contributed by atoms with Gasteiger partial charge in [-0.05, 0) is 44.9 Å². The van der Waals surface area contributed by atoms with Gasteiger partial charge in [-0.3, -0.25) is 9.59 Å². The smallest absolute Gasteiger partial charge is 0.407 e. The fourth-order valence-electron chi connectivity index (χ4n) is 2.07. The van der Waals surface area contributed by atoms with E-state index in [9.17, 15) is 14.4 Å². The molecule has 0 bridgehead atoms. The Balaban J connectivity index is 2.49. The second-order valence-electron chi connectivity index (χ2n) is 6.91. The first-order chi connectivity index (χ1) is 12.7. The maximum Gasteiger partial charge on any atom is 0.407 e. The Kier molecular flexibility index (Phi) is 9.05. The summed E-state index contributed by atoms with van der Waals surface area (Å²) in [4.78, 5) is 35.4. The van der Waals surface area contributed by atoms with Crippen LogP contribution in [0.15, 0.2) is 36.4 Å². The number of alkyl carbamates (subject to hydrolysis) is 1. The molecule has 0 aromatic heterocycles. The van der Waals surface area contributed by atoms with Crippen molar-refractivity contribution >= 4 is 23.6 Å². The predicted molar refractivity (Wildman–Crippen MR) is 105 cm³/mol. The summed E-state index contributed by atoms with van der Waals surface area (Å²) in [6.45, 7) is 7.74. The van der Waals surface area contributed by atoms with Crippen LogP contribution in [0.1, 0.15) is 46.1 Å². The molecule has 0 aliphatic heterocycles. The molecule has 0 fully saturated rings. The lowest BCUT2D eigenvalue weighted by Gasteiger charge is -2.19. The summed E-state index contributed by atoms with van der Waals surface area (Å²) in [5.41, 5.74) is 0.839. The molecular formula is C20H29N3O4. The summed E-state index contributed by atoms with van der Waals surface area (Å²) in [6.07, 6.45) is 3.61. The molecule has 0 atom stereocenters. The fourth-order valence-corrected chi connectivity index (χ4v) is 2.07. The number of carbonyl (C=O) groups is 3. The van der Waals surface area contributed by atoms with Crippen molar-refractivity contribution in [1.82, 2.24) is 10.6 Å². The van der Waals surface area contributed by atoms with Crippen LogP contribution in [0.25, 0.3) is 0 Å². The number of rotatable bonds is 8. The molecule has 7 nitrogen and oxygen atoms in total. The molecule has 7 heteroatoms. The van der Waals surface area contributed by atoms with Crippen LogP contribution >= 0.6 is 0 Å². The lowest BCUT2D eigenvalue weighted by molar-refractivity contribution is -0.117. The van der Waals surface area contributed by atoms with Gasteiger partial charge in [-0.1, -0.05) is 31.2 Å². The largest absolute Gasteiger partial charge is 0.444 e. The molecule has 0 heterocycles. The summed E-state index contributed by atoms with van der Waals surface area (Å²) in [5, 5.41) is 8.12. The van der Waals surface area contributed by atoms with Crippen LogP contribution in [-0.4, -0.2) is 30.1 Å². The fraction of sp³-hybridized carbons (Fsp3) is 0.450. The second kappa shape index (κ2) is 11.0. The molecule has 0 spiro atoms. The van der Waals surface area contributed by atoms with Gasteiger partial charge in [0.1, 0.15) is 5.60 Å². The molecule has 3 amide bonds. The molecule has 0 saturated heterocycles. The summed E-state index contributed by atoms with van der Waals surface area (Å²) in [5.74, 6) is -0.421. The number of hydrogen-bond donors (Lipinski definition) is 3. The first-order valence-corrected chi connectivity index (χ1v) is 9.00. The van der Waals surface area contributed by atoms with Crippen molar-refractivity contribution < 1.29 is 19.1 Å². The number of para-hydroxylation sites is 1. The van der Waals surface area contributed by atoms with Gasteiger partial charge < -0.3 is 20.7 Å². The summed E-state index contributed by atoms with van der Waals surface area (Å²) in [6, 6.07) is 7.24. The van der Waals surface area contributed by atoms with Crippen LogP contribution in [0.4, 0.5) is 10.5 Å². The van der Waals surface area contributed by atoms with E-state index in [2.05, 4.69) is 16.0 Å². The normalized spacial score (nSPS) is 11.1. The SMILES string of the molecule is CC/C=C/C(=O)NCc1ccccc1NC(=O)CCNC(=O)OC(C)(C)C. The van der Waals surface area contributed by atoms with Crippen molar-refractivity contribution in [3.8, 4) is 0 Å². The highest BCUT2D eigenvalue weighted by molar-refractivity contribution is 5.92. The number of benzene rings is 1. The van der Waals surface area contributed by atoms with Gasteiger partial charge in [0.2, 0.25) is 11.8 Å². The molecular weight excluding hydrogens is 346 g/mol. The monoisotopic (exact) mass is 375 g/mol. The van der Waals surface area contributed by atoms with Crippen molar-refractivity contribution in [3.05, 3.63) is 42.0 Å². The van der Waals surface area contributed by atoms with E-state index in [-0.39, 0.29) is 24.8 Å². The molecule has 0 saturated carbocycles. The van der Waals surface area contributed by atoms with Crippen LogP contribution in [-0.2, 0) is 20.9 Å². The van der Waals surface area contributed by atoms with Crippen LogP contribution in [0.2, 0.25) is 0 Å². The minimum absolute atomic E-state index is 0.110. The van der Waals surface area contributed by atoms with E-state index in [1.165, 1.54) is 6.08 Å². The Morgan fingerprint density at radius 3 is 2.48 bits per heavy atom. The van der Waals surface area contributed by atoms with Crippen molar-refractivity contribution in [1.29, 1.82) is 0 Å². The van der Waals surface area contributed by atoms with Gasteiger partial charge in [-0.2, -0.15) is 0 Å². The molecule has 27 heavy (non-hydrogen) atoms. The van der Waals surface area contributed by atoms with Crippen molar-refractivity contribution in [2.24, 2.45) is 0 Å². The quantitative estimate of drug-likeness (QED) is 0.608. The molecule has 0 radical (unpaired) electrons. The van der Waals surface area contributed by atoms with Crippen molar-refractivity contribution in [2.45, 2.75) is 52.7 Å². The number of carbonyl (C=O) groups excluding carboxylic acids is 3. The molecule has 1 aromatic carbocycles. The standard InChI is InChI=1S/C20H29N3O4/c1-5-6-11-17(24)22-14-15-9-7-8-10-16(15)23-18(25)12-13-21-19(26)27-20(2,3)4/h6-11H,5,12-14H2,1-4H3,(H,21,26)(H,22,24)(H,23,25)/b11-6+. The van der Waals surface area contributed by atoms with Gasteiger partial charge >= 0.3 is 6.09 Å². The molecule has 0 aliphatic rings. The summed E-state index contributed by atoms with van der Waals surface area (Å²) in [7, 11) is 0. The van der Waals surface area contributed by atoms with E-state index < -0.39 is 11.7 Å². The van der Waals surface area contributed by atoms with Gasteiger partial charge in [0.25, 0.3) is 0 Å². The van der Waals surface area contributed by atoms with Crippen LogP contribution in [0.3, 0.4) is 0 Å². The molecule has 3 N–H and O–H groups in total. The van der Waals surface area contributed by atoms with E-state index in [0.29, 0.717) is 12.2 Å². The van der Waals surface area contributed by atoms with E-state index in [1.807, 2.05) is 19.1 Å². The third-order valence-electron chi connectivity index (χ3n) is 3.27. The Labute approximate surface area is 160 Å². The molecule has 1 rings (SSSR count). The van der Waals surface area contributed by atoms with Gasteiger partial charge in [-0.15, -0.1) is 0 Å². The Bertz CT molecular complexity index is 678. The Morgan fingerprint density at radius 1 is 1.11 bits per heavy atom. The molecule has 0 aliphatic carbocycles. The minimum Gasteiger partial charge on any atom is -0.444 e. The highest BCUT2D eigenvalue weighted by Gasteiger charge is 2.16. The maximum atomic E-state index is 12.1. The lowest BCUT2D eigenvalue weighted by atomic mass is 10.1. The Hall–Kier alpha value is -2.83. The molecule has 1 aromatic rings. The van der Waals surface area contributed by atoms with Gasteiger partial charge in [0.05, 0.1) is 0 Å². The zero-order chi connectivity index (χ0) is 20.3. The van der Waals surface area contributed by atoms with Gasteiger partial charge in [0.15, 0.2) is 0 Å². The van der Waals surface area contributed by atoms with E-state index >= 15 is 0 Å². The third-order valence-corrected chi connectivity index (χ3v) is 3.27. The van der Waals surface area contributed by atoms with Gasteiger partial charge in [0, 0.05) is 25.2 Å². The van der Waals surface area contributed by atoms with E-state index in [0.717, 1.165) is 12.0 Å². The van der Waals surface area contributed by atoms with Crippen LogP contribution in [0, 0.1) is 0 Å². The van der Waals surface area contributed by atoms with Crippen LogP contribution in [0.5, 0.6) is 0 Å². The molecule has 0 unspecified atom stereocenters. The average molecular weight is 375 g/mol. The van der Waals surface area contributed by atoms with Gasteiger partial charge in [-0.25, -0.2) is 4.79 Å². The zero-order valence-corrected chi connectivity index (χ0v) is 16.4. The predicted octanol–water partition coefficient (Wildman–Crippen LogP) is 3.12. The highest BCUT2D eigenvalue weighted by Crippen LogP contribution is 2.15. The summed E-state index contributed by atoms with van der Waals surface area (Å²) < 4.78 is 5.11. The number of anilines is 1. The first-order valence-electron chi connectivity index (χ1n) is 9.00. The van der Waals surface area contributed by atoms with E-state index in [1.54, 1.807) is 39.0 Å². The average Bonchev–Trinajstić information content (AvgIpc) is 2.57.